The van der Waals surface area contributed by atoms with E-state index < -0.39 is 10.0 Å². The van der Waals surface area contributed by atoms with Crippen LogP contribution in [0.1, 0.15) is 31.7 Å². The zero-order chi connectivity index (χ0) is 19.7. The fourth-order valence-electron chi connectivity index (χ4n) is 3.52. The third kappa shape index (κ3) is 3.52. The number of rotatable bonds is 5. The lowest BCUT2D eigenvalue weighted by Crippen LogP contribution is -2.49. The SMILES string of the molecule is CCC(C)c1ccc(S(=O)(=O)N2CCN(c3ncnc4sccc34)CC2)cc1. The first-order valence-corrected chi connectivity index (χ1v) is 11.9. The Morgan fingerprint density at radius 2 is 1.79 bits per heavy atom. The van der Waals surface area contributed by atoms with Gasteiger partial charge < -0.3 is 4.90 Å². The van der Waals surface area contributed by atoms with Gasteiger partial charge >= 0.3 is 0 Å². The molecule has 6 nitrogen and oxygen atoms in total. The summed E-state index contributed by atoms with van der Waals surface area (Å²) in [6, 6.07) is 9.37. The average Bonchev–Trinajstić information content (AvgIpc) is 3.22. The van der Waals surface area contributed by atoms with Crippen molar-refractivity contribution >= 4 is 37.4 Å². The number of anilines is 1. The molecular formula is C20H24N4O2S2. The van der Waals surface area contributed by atoms with Gasteiger partial charge in [0.05, 0.1) is 10.3 Å². The fraction of sp³-hybridized carbons (Fsp3) is 0.400. The van der Waals surface area contributed by atoms with Crippen molar-refractivity contribution in [3.05, 3.63) is 47.6 Å². The second-order valence-corrected chi connectivity index (χ2v) is 9.94. The summed E-state index contributed by atoms with van der Waals surface area (Å²) in [7, 11) is -3.47. The van der Waals surface area contributed by atoms with Crippen LogP contribution < -0.4 is 4.90 Å². The minimum atomic E-state index is -3.47. The van der Waals surface area contributed by atoms with Crippen LogP contribution in [0.5, 0.6) is 0 Å². The molecule has 148 valence electrons. The second kappa shape index (κ2) is 7.77. The topological polar surface area (TPSA) is 66.4 Å². The highest BCUT2D eigenvalue weighted by Crippen LogP contribution is 2.28. The van der Waals surface area contributed by atoms with E-state index in [-0.39, 0.29) is 0 Å². The molecule has 1 aliphatic rings. The van der Waals surface area contributed by atoms with Gasteiger partial charge in [0.2, 0.25) is 10.0 Å². The summed E-state index contributed by atoms with van der Waals surface area (Å²) in [5.41, 5.74) is 1.18. The van der Waals surface area contributed by atoms with Crippen molar-refractivity contribution in [3.8, 4) is 0 Å². The number of thiophene rings is 1. The summed E-state index contributed by atoms with van der Waals surface area (Å²) in [5, 5.41) is 3.04. The van der Waals surface area contributed by atoms with Crippen LogP contribution in [0.3, 0.4) is 0 Å². The molecule has 1 aromatic carbocycles. The van der Waals surface area contributed by atoms with E-state index in [0.29, 0.717) is 37.0 Å². The highest BCUT2D eigenvalue weighted by Gasteiger charge is 2.29. The average molecular weight is 417 g/mol. The van der Waals surface area contributed by atoms with E-state index in [2.05, 4.69) is 28.7 Å². The van der Waals surface area contributed by atoms with Crippen LogP contribution in [0.15, 0.2) is 46.9 Å². The Morgan fingerprint density at radius 1 is 1.07 bits per heavy atom. The Hall–Kier alpha value is -2.03. The van der Waals surface area contributed by atoms with Gasteiger partial charge in [-0.2, -0.15) is 4.31 Å². The predicted octanol–water partition coefficient (Wildman–Crippen LogP) is 3.72. The molecule has 0 amide bonds. The smallest absolute Gasteiger partial charge is 0.243 e. The van der Waals surface area contributed by atoms with E-state index in [1.165, 1.54) is 5.56 Å². The second-order valence-electron chi connectivity index (χ2n) is 7.11. The Balaban J connectivity index is 1.49. The van der Waals surface area contributed by atoms with Crippen molar-refractivity contribution in [1.82, 2.24) is 14.3 Å². The van der Waals surface area contributed by atoms with Crippen molar-refractivity contribution in [2.24, 2.45) is 0 Å². The van der Waals surface area contributed by atoms with Crippen LogP contribution in [-0.4, -0.2) is 48.9 Å². The maximum Gasteiger partial charge on any atom is 0.243 e. The molecule has 1 saturated heterocycles. The minimum Gasteiger partial charge on any atom is -0.353 e. The molecule has 1 aliphatic heterocycles. The first kappa shape index (κ1) is 19.3. The normalized spacial score (nSPS) is 17.1. The number of aromatic nitrogens is 2. The maximum atomic E-state index is 13.0. The van der Waals surface area contributed by atoms with E-state index in [9.17, 15) is 8.42 Å². The van der Waals surface area contributed by atoms with Crippen LogP contribution in [0.25, 0.3) is 10.2 Å². The first-order valence-electron chi connectivity index (χ1n) is 9.54. The van der Waals surface area contributed by atoms with E-state index in [1.807, 2.05) is 23.6 Å². The number of piperazine rings is 1. The summed E-state index contributed by atoms with van der Waals surface area (Å²) in [4.78, 5) is 12.2. The Morgan fingerprint density at radius 3 is 2.46 bits per heavy atom. The molecule has 0 spiro atoms. The fourth-order valence-corrected chi connectivity index (χ4v) is 5.67. The van der Waals surface area contributed by atoms with E-state index in [4.69, 9.17) is 0 Å². The van der Waals surface area contributed by atoms with Gasteiger partial charge in [-0.05, 0) is 41.5 Å². The predicted molar refractivity (Wildman–Crippen MR) is 114 cm³/mol. The van der Waals surface area contributed by atoms with E-state index in [0.717, 1.165) is 22.5 Å². The summed E-state index contributed by atoms with van der Waals surface area (Å²) < 4.78 is 27.6. The van der Waals surface area contributed by atoms with Gasteiger partial charge in [-0.25, -0.2) is 18.4 Å². The maximum absolute atomic E-state index is 13.0. The van der Waals surface area contributed by atoms with Crippen molar-refractivity contribution in [3.63, 3.8) is 0 Å². The molecular weight excluding hydrogens is 392 g/mol. The lowest BCUT2D eigenvalue weighted by molar-refractivity contribution is 0.384. The third-order valence-corrected chi connectivity index (χ3v) is 8.21. The van der Waals surface area contributed by atoms with Crippen LogP contribution >= 0.6 is 11.3 Å². The molecule has 4 rings (SSSR count). The van der Waals surface area contributed by atoms with Gasteiger partial charge in [-0.1, -0.05) is 26.0 Å². The van der Waals surface area contributed by atoms with Crippen molar-refractivity contribution in [2.75, 3.05) is 31.1 Å². The largest absolute Gasteiger partial charge is 0.353 e. The van der Waals surface area contributed by atoms with Gasteiger partial charge in [-0.3, -0.25) is 0 Å². The molecule has 0 radical (unpaired) electrons. The zero-order valence-electron chi connectivity index (χ0n) is 16.1. The van der Waals surface area contributed by atoms with Crippen LogP contribution in [-0.2, 0) is 10.0 Å². The van der Waals surface area contributed by atoms with Crippen LogP contribution in [0, 0.1) is 0 Å². The van der Waals surface area contributed by atoms with E-state index in [1.54, 1.807) is 34.1 Å². The molecule has 8 heteroatoms. The Bertz CT molecular complexity index is 1060. The Labute approximate surface area is 169 Å². The summed E-state index contributed by atoms with van der Waals surface area (Å²) in [6.45, 7) is 6.42. The minimum absolute atomic E-state index is 0.371. The quantitative estimate of drug-likeness (QED) is 0.634. The number of benzene rings is 1. The summed E-state index contributed by atoms with van der Waals surface area (Å²) in [5.74, 6) is 1.32. The van der Waals surface area contributed by atoms with Crippen LogP contribution in [0.4, 0.5) is 5.82 Å². The lowest BCUT2D eigenvalue weighted by atomic mass is 9.99. The molecule has 3 heterocycles. The molecule has 28 heavy (non-hydrogen) atoms. The molecule has 2 aromatic heterocycles. The Kier molecular flexibility index (Phi) is 5.35. The van der Waals surface area contributed by atoms with Gasteiger partial charge in [0, 0.05) is 26.2 Å². The van der Waals surface area contributed by atoms with Gasteiger partial charge in [-0.15, -0.1) is 11.3 Å². The molecule has 0 saturated carbocycles. The lowest BCUT2D eigenvalue weighted by Gasteiger charge is -2.34. The summed E-state index contributed by atoms with van der Waals surface area (Å²) in [6.07, 6.45) is 2.62. The number of sulfonamides is 1. The van der Waals surface area contributed by atoms with Crippen LogP contribution in [0.2, 0.25) is 0 Å². The highest BCUT2D eigenvalue weighted by atomic mass is 32.2. The monoisotopic (exact) mass is 416 g/mol. The standard InChI is InChI=1S/C20H24N4O2S2/c1-3-15(2)16-4-6-17(7-5-16)28(25,26)24-11-9-23(10-12-24)19-18-8-13-27-20(18)22-14-21-19/h4-8,13-15H,3,9-12H2,1-2H3. The van der Waals surface area contributed by atoms with Gasteiger partial charge in [0.15, 0.2) is 0 Å². The number of hydrogen-bond donors (Lipinski definition) is 0. The van der Waals surface area contributed by atoms with Crippen molar-refractivity contribution in [2.45, 2.75) is 31.1 Å². The highest BCUT2D eigenvalue weighted by molar-refractivity contribution is 7.89. The molecule has 1 unspecified atom stereocenters. The first-order chi connectivity index (χ1) is 13.5. The number of hydrogen-bond acceptors (Lipinski definition) is 6. The summed E-state index contributed by atoms with van der Waals surface area (Å²) >= 11 is 1.59. The molecule has 0 N–H and O–H groups in total. The third-order valence-electron chi connectivity index (χ3n) is 5.48. The molecule has 3 aromatic rings. The zero-order valence-corrected chi connectivity index (χ0v) is 17.7. The van der Waals surface area contributed by atoms with Crippen molar-refractivity contribution in [1.29, 1.82) is 0 Å². The molecule has 0 aliphatic carbocycles. The van der Waals surface area contributed by atoms with Crippen molar-refractivity contribution < 1.29 is 8.42 Å². The number of fused-ring (bicyclic) bond motifs is 1. The van der Waals surface area contributed by atoms with Gasteiger partial charge in [0.1, 0.15) is 17.0 Å². The van der Waals surface area contributed by atoms with Gasteiger partial charge in [0.25, 0.3) is 0 Å². The molecule has 1 fully saturated rings. The van der Waals surface area contributed by atoms with E-state index >= 15 is 0 Å². The molecule has 0 bridgehead atoms. The molecule has 1 atom stereocenters. The number of nitrogens with zero attached hydrogens (tertiary/aromatic N) is 4.